The maximum atomic E-state index is 12.8. The fourth-order valence-corrected chi connectivity index (χ4v) is 3.43. The van der Waals surface area contributed by atoms with E-state index in [0.29, 0.717) is 18.0 Å². The summed E-state index contributed by atoms with van der Waals surface area (Å²) < 4.78 is 9.92. The van der Waals surface area contributed by atoms with E-state index in [1.807, 2.05) is 49.1 Å². The summed E-state index contributed by atoms with van der Waals surface area (Å²) in [6.07, 6.45) is 0.647. The fraction of sp³-hybridized carbons (Fsp3) is 0.438. The van der Waals surface area contributed by atoms with E-state index in [0.717, 1.165) is 17.7 Å². The van der Waals surface area contributed by atoms with Crippen molar-refractivity contribution in [3.8, 4) is 0 Å². The van der Waals surface area contributed by atoms with Gasteiger partial charge in [0.1, 0.15) is 11.0 Å². The maximum Gasteiger partial charge on any atom is 0.267 e. The predicted octanol–water partition coefficient (Wildman–Crippen LogP) is 2.70. The second-order valence-electron chi connectivity index (χ2n) is 5.46. The van der Waals surface area contributed by atoms with Crippen LogP contribution in [0.2, 0.25) is 0 Å². The summed E-state index contributed by atoms with van der Waals surface area (Å²) in [6, 6.07) is 10.0. The van der Waals surface area contributed by atoms with Gasteiger partial charge in [0.15, 0.2) is 0 Å². The molecule has 3 rings (SSSR count). The molecule has 1 aromatic heterocycles. The van der Waals surface area contributed by atoms with E-state index < -0.39 is 0 Å². The largest absolute Gasteiger partial charge is 0.367 e. The zero-order chi connectivity index (χ0) is 15.5. The quantitative estimate of drug-likeness (QED) is 0.873. The van der Waals surface area contributed by atoms with Gasteiger partial charge in [-0.05, 0) is 30.4 Å². The molecule has 0 spiro atoms. The maximum absolute atomic E-state index is 12.8. The van der Waals surface area contributed by atoms with Crippen molar-refractivity contribution in [2.24, 2.45) is 0 Å². The van der Waals surface area contributed by atoms with E-state index in [2.05, 4.69) is 9.59 Å². The Hall–Kier alpha value is -1.79. The number of benzene rings is 1. The summed E-state index contributed by atoms with van der Waals surface area (Å²) in [5.74, 6) is 0.0166. The molecule has 2 atom stereocenters. The molecule has 6 heteroatoms. The number of carbonyl (C=O) groups is 1. The van der Waals surface area contributed by atoms with Crippen LogP contribution in [0.1, 0.15) is 40.9 Å². The van der Waals surface area contributed by atoms with Crippen LogP contribution < -0.4 is 0 Å². The first kappa shape index (κ1) is 15.1. The molecule has 1 aliphatic rings. The molecule has 22 heavy (non-hydrogen) atoms. The zero-order valence-corrected chi connectivity index (χ0v) is 13.5. The van der Waals surface area contributed by atoms with Crippen LogP contribution in [-0.2, 0) is 11.2 Å². The van der Waals surface area contributed by atoms with Gasteiger partial charge in [0.2, 0.25) is 0 Å². The van der Waals surface area contributed by atoms with Gasteiger partial charge in [0.05, 0.1) is 18.3 Å². The van der Waals surface area contributed by atoms with Gasteiger partial charge < -0.3 is 9.64 Å². The van der Waals surface area contributed by atoms with Gasteiger partial charge in [0, 0.05) is 6.54 Å². The second-order valence-corrected chi connectivity index (χ2v) is 6.21. The zero-order valence-electron chi connectivity index (χ0n) is 12.7. The third kappa shape index (κ3) is 3.03. The van der Waals surface area contributed by atoms with Crippen molar-refractivity contribution in [1.82, 2.24) is 14.5 Å². The minimum Gasteiger partial charge on any atom is -0.367 e. The number of morpholine rings is 1. The molecule has 0 unspecified atom stereocenters. The Bertz CT molecular complexity index is 644. The number of ether oxygens (including phenoxy) is 1. The van der Waals surface area contributed by atoms with Crippen molar-refractivity contribution in [2.45, 2.75) is 32.5 Å². The van der Waals surface area contributed by atoms with Crippen molar-refractivity contribution < 1.29 is 9.53 Å². The summed E-state index contributed by atoms with van der Waals surface area (Å²) in [5.41, 5.74) is 1.88. The number of nitrogens with zero attached hydrogens (tertiary/aromatic N) is 3. The molecule has 0 bridgehead atoms. The van der Waals surface area contributed by atoms with Gasteiger partial charge in [-0.25, -0.2) is 0 Å². The molecule has 1 amide bonds. The minimum atomic E-state index is -0.0835. The lowest BCUT2D eigenvalue weighted by Gasteiger charge is -2.36. The molecule has 5 nitrogen and oxygen atoms in total. The number of amides is 1. The summed E-state index contributed by atoms with van der Waals surface area (Å²) in [7, 11) is 0. The number of hydrogen-bond acceptors (Lipinski definition) is 5. The Kier molecular flexibility index (Phi) is 4.49. The van der Waals surface area contributed by atoms with Crippen molar-refractivity contribution >= 4 is 17.4 Å². The lowest BCUT2D eigenvalue weighted by Crippen LogP contribution is -2.46. The van der Waals surface area contributed by atoms with E-state index in [1.54, 1.807) is 0 Å². The molecule has 1 aromatic carbocycles. The van der Waals surface area contributed by atoms with Crippen LogP contribution >= 0.6 is 11.5 Å². The molecule has 0 saturated carbocycles. The molecule has 0 radical (unpaired) electrons. The first-order valence-electron chi connectivity index (χ1n) is 7.50. The van der Waals surface area contributed by atoms with Crippen LogP contribution in [0, 0.1) is 0 Å². The number of hydrogen-bond donors (Lipinski definition) is 0. The second kappa shape index (κ2) is 6.54. The van der Waals surface area contributed by atoms with Crippen molar-refractivity contribution in [1.29, 1.82) is 0 Å². The normalized spacial score (nSPS) is 21.8. The Labute approximate surface area is 134 Å². The standard InChI is InChI=1S/C16H19N3O2S/c1-3-13-15(22-18-17-13)16(20)19-9-11(2)21-14(10-19)12-7-5-4-6-8-12/h4-8,11,14H,3,9-10H2,1-2H3/t11-,14-/m1/s1. The lowest BCUT2D eigenvalue weighted by molar-refractivity contribution is -0.0691. The molecule has 116 valence electrons. The van der Waals surface area contributed by atoms with Gasteiger partial charge >= 0.3 is 0 Å². The Morgan fingerprint density at radius 2 is 2.14 bits per heavy atom. The topological polar surface area (TPSA) is 55.3 Å². The van der Waals surface area contributed by atoms with Gasteiger partial charge in [-0.2, -0.15) is 0 Å². The van der Waals surface area contributed by atoms with Crippen molar-refractivity contribution in [3.05, 3.63) is 46.5 Å². The number of carbonyl (C=O) groups excluding carboxylic acids is 1. The molecule has 1 aliphatic heterocycles. The average Bonchev–Trinajstić information content (AvgIpc) is 3.03. The van der Waals surface area contributed by atoms with E-state index in [-0.39, 0.29) is 18.1 Å². The van der Waals surface area contributed by atoms with E-state index in [1.165, 1.54) is 11.5 Å². The first-order valence-corrected chi connectivity index (χ1v) is 8.27. The number of aromatic nitrogens is 2. The van der Waals surface area contributed by atoms with E-state index in [4.69, 9.17) is 4.74 Å². The summed E-state index contributed by atoms with van der Waals surface area (Å²) >= 11 is 1.18. The Balaban J connectivity index is 1.80. The summed E-state index contributed by atoms with van der Waals surface area (Å²) in [5, 5.41) is 4.04. The highest BCUT2D eigenvalue weighted by atomic mass is 32.1. The van der Waals surface area contributed by atoms with Crippen LogP contribution in [0.3, 0.4) is 0 Å². The highest BCUT2D eigenvalue weighted by Crippen LogP contribution is 2.27. The Morgan fingerprint density at radius 1 is 1.36 bits per heavy atom. The van der Waals surface area contributed by atoms with Gasteiger partial charge in [-0.3, -0.25) is 4.79 Å². The van der Waals surface area contributed by atoms with Crippen LogP contribution in [0.25, 0.3) is 0 Å². The van der Waals surface area contributed by atoms with E-state index in [9.17, 15) is 4.79 Å². The highest BCUT2D eigenvalue weighted by Gasteiger charge is 2.31. The molecule has 1 saturated heterocycles. The van der Waals surface area contributed by atoms with Crippen LogP contribution in [0.5, 0.6) is 0 Å². The third-order valence-corrected chi connectivity index (χ3v) is 4.56. The average molecular weight is 317 g/mol. The van der Waals surface area contributed by atoms with Crippen LogP contribution in [0.15, 0.2) is 30.3 Å². The molecular weight excluding hydrogens is 298 g/mol. The van der Waals surface area contributed by atoms with Gasteiger partial charge in [-0.15, -0.1) is 5.10 Å². The lowest BCUT2D eigenvalue weighted by atomic mass is 10.1. The number of aryl methyl sites for hydroxylation is 1. The monoisotopic (exact) mass is 317 g/mol. The molecule has 0 N–H and O–H groups in total. The molecule has 2 aromatic rings. The van der Waals surface area contributed by atoms with Crippen LogP contribution in [0.4, 0.5) is 0 Å². The summed E-state index contributed by atoms with van der Waals surface area (Å²) in [4.78, 5) is 15.3. The third-order valence-electron chi connectivity index (χ3n) is 3.80. The molecule has 2 heterocycles. The van der Waals surface area contributed by atoms with Crippen molar-refractivity contribution in [3.63, 3.8) is 0 Å². The predicted molar refractivity (Wildman–Crippen MR) is 84.9 cm³/mol. The van der Waals surface area contributed by atoms with E-state index >= 15 is 0 Å². The molecule has 1 fully saturated rings. The number of rotatable bonds is 3. The molecular formula is C16H19N3O2S. The van der Waals surface area contributed by atoms with Crippen LogP contribution in [-0.4, -0.2) is 39.6 Å². The Morgan fingerprint density at radius 3 is 2.86 bits per heavy atom. The minimum absolute atomic E-state index is 0.00821. The highest BCUT2D eigenvalue weighted by molar-refractivity contribution is 7.08. The fourth-order valence-electron chi connectivity index (χ4n) is 2.72. The summed E-state index contributed by atoms with van der Waals surface area (Å²) in [6.45, 7) is 5.15. The van der Waals surface area contributed by atoms with Gasteiger partial charge in [-0.1, -0.05) is 41.7 Å². The first-order chi connectivity index (χ1) is 10.7. The smallest absolute Gasteiger partial charge is 0.267 e. The van der Waals surface area contributed by atoms with Gasteiger partial charge in [0.25, 0.3) is 5.91 Å². The van der Waals surface area contributed by atoms with Crippen molar-refractivity contribution in [2.75, 3.05) is 13.1 Å². The molecule has 0 aliphatic carbocycles. The SMILES string of the molecule is CCc1nnsc1C(=O)N1C[C@@H](C)O[C@@H](c2ccccc2)C1.